The van der Waals surface area contributed by atoms with Gasteiger partial charge in [0.2, 0.25) is 0 Å². The van der Waals surface area contributed by atoms with Crippen molar-refractivity contribution in [2.75, 3.05) is 6.61 Å². The quantitative estimate of drug-likeness (QED) is 0.513. The van der Waals surface area contributed by atoms with Gasteiger partial charge in [-0.05, 0) is 48.0 Å². The van der Waals surface area contributed by atoms with Crippen molar-refractivity contribution in [1.29, 1.82) is 0 Å². The minimum Gasteiger partial charge on any atom is -0.490 e. The number of carbonyl (C=O) groups is 1. The van der Waals surface area contributed by atoms with E-state index in [2.05, 4.69) is 11.6 Å². The molecule has 0 saturated heterocycles. The summed E-state index contributed by atoms with van der Waals surface area (Å²) in [4.78, 5) is 27.1. The van der Waals surface area contributed by atoms with Crippen LogP contribution in [0.25, 0.3) is 12.2 Å². The van der Waals surface area contributed by atoms with Crippen molar-refractivity contribution in [3.8, 4) is 5.75 Å². The maximum absolute atomic E-state index is 12.3. The molecule has 0 unspecified atom stereocenters. The molecule has 3 rings (SSSR count). The van der Waals surface area contributed by atoms with Crippen molar-refractivity contribution in [3.05, 3.63) is 96.9 Å². The lowest BCUT2D eigenvalue weighted by Gasteiger charge is -2.02. The second kappa shape index (κ2) is 8.66. The molecule has 0 spiro atoms. The molecule has 4 nitrogen and oxygen atoms in total. The third kappa shape index (κ3) is 5.06. The molecule has 0 fully saturated rings. The number of H-pyrrole nitrogens is 1. The fourth-order valence-corrected chi connectivity index (χ4v) is 3.32. The van der Waals surface area contributed by atoms with E-state index in [4.69, 9.17) is 16.3 Å². The van der Waals surface area contributed by atoms with E-state index in [1.165, 1.54) is 17.4 Å². The van der Waals surface area contributed by atoms with Crippen LogP contribution in [-0.2, 0) is 0 Å². The average molecular weight is 398 g/mol. The zero-order valence-electron chi connectivity index (χ0n) is 14.3. The maximum atomic E-state index is 12.3. The third-order valence-corrected chi connectivity index (χ3v) is 4.83. The zero-order chi connectivity index (χ0) is 19.2. The van der Waals surface area contributed by atoms with Crippen molar-refractivity contribution in [3.63, 3.8) is 0 Å². The normalized spacial score (nSPS) is 12.2. The van der Waals surface area contributed by atoms with Crippen LogP contribution in [-0.4, -0.2) is 17.4 Å². The second-order valence-electron chi connectivity index (χ2n) is 5.61. The Morgan fingerprint density at radius 1 is 1.15 bits per heavy atom. The number of carbonyl (C=O) groups excluding carboxylic acids is 1. The molecule has 27 heavy (non-hydrogen) atoms. The highest BCUT2D eigenvalue weighted by Gasteiger charge is 2.03. The number of thiazole rings is 1. The number of halogens is 1. The van der Waals surface area contributed by atoms with Crippen LogP contribution in [0.4, 0.5) is 0 Å². The zero-order valence-corrected chi connectivity index (χ0v) is 15.8. The molecule has 136 valence electrons. The molecule has 0 amide bonds. The highest BCUT2D eigenvalue weighted by molar-refractivity contribution is 7.07. The first-order chi connectivity index (χ1) is 13.0. The summed E-state index contributed by atoms with van der Waals surface area (Å²) in [5, 5.41) is 0.564. The Morgan fingerprint density at radius 3 is 2.52 bits per heavy atom. The molecule has 1 heterocycles. The van der Waals surface area contributed by atoms with Gasteiger partial charge in [-0.15, -0.1) is 11.3 Å². The van der Waals surface area contributed by atoms with Crippen LogP contribution in [0.1, 0.15) is 15.9 Å². The first-order valence-electron chi connectivity index (χ1n) is 8.11. The summed E-state index contributed by atoms with van der Waals surface area (Å²) >= 11 is 7.06. The lowest BCUT2D eigenvalue weighted by atomic mass is 10.1. The fourth-order valence-electron chi connectivity index (χ4n) is 2.31. The topological polar surface area (TPSA) is 59.2 Å². The fraction of sp³-hybridized carbons (Fsp3) is 0.0476. The predicted octanol–water partition coefficient (Wildman–Crippen LogP) is 3.15. The van der Waals surface area contributed by atoms with E-state index in [0.29, 0.717) is 26.4 Å². The highest BCUT2D eigenvalue weighted by atomic mass is 35.5. The molecule has 0 bridgehead atoms. The standard InChI is InChI=1S/C21H16ClNO3S/c1-2-11-26-17-9-3-14(4-10-17)12-19-21(25)23-20(27-19)13-18(24)15-5-7-16(22)8-6-15/h2-10,12-13H,1,11H2,(H,23,25)/b19-12-,20-13-. The number of ether oxygens (including phenoxy) is 1. The van der Waals surface area contributed by atoms with Crippen molar-refractivity contribution in [1.82, 2.24) is 4.98 Å². The Hall–Kier alpha value is -2.89. The molecule has 0 aliphatic rings. The van der Waals surface area contributed by atoms with Crippen LogP contribution >= 0.6 is 22.9 Å². The Morgan fingerprint density at radius 2 is 1.85 bits per heavy atom. The number of hydrogen-bond donors (Lipinski definition) is 1. The number of ketones is 1. The van der Waals surface area contributed by atoms with Gasteiger partial charge in [0, 0.05) is 16.7 Å². The van der Waals surface area contributed by atoms with Gasteiger partial charge in [0.1, 0.15) is 12.4 Å². The van der Waals surface area contributed by atoms with E-state index in [1.807, 2.05) is 24.3 Å². The summed E-state index contributed by atoms with van der Waals surface area (Å²) in [5.74, 6) is 0.536. The number of benzene rings is 2. The molecule has 3 aromatic rings. The lowest BCUT2D eigenvalue weighted by Crippen LogP contribution is -2.20. The van der Waals surface area contributed by atoms with Gasteiger partial charge in [-0.25, -0.2) is 0 Å². The molecule has 0 saturated carbocycles. The van der Waals surface area contributed by atoms with Gasteiger partial charge in [0.25, 0.3) is 5.56 Å². The molecule has 0 aliphatic carbocycles. The van der Waals surface area contributed by atoms with Crippen molar-refractivity contribution < 1.29 is 9.53 Å². The summed E-state index contributed by atoms with van der Waals surface area (Å²) in [7, 11) is 0. The Bertz CT molecular complexity index is 1130. The Labute approximate surface area is 164 Å². The molecular formula is C21H16ClNO3S. The number of rotatable bonds is 6. The smallest absolute Gasteiger partial charge is 0.266 e. The third-order valence-electron chi connectivity index (χ3n) is 3.62. The summed E-state index contributed by atoms with van der Waals surface area (Å²) in [5.41, 5.74) is 1.14. The number of aromatic nitrogens is 1. The Kier molecular flexibility index (Phi) is 6.06. The van der Waals surface area contributed by atoms with Crippen LogP contribution in [0.15, 0.2) is 66.0 Å². The molecule has 0 radical (unpaired) electrons. The van der Waals surface area contributed by atoms with Crippen LogP contribution < -0.4 is 19.5 Å². The monoisotopic (exact) mass is 397 g/mol. The van der Waals surface area contributed by atoms with E-state index in [1.54, 1.807) is 36.4 Å². The molecule has 2 aromatic carbocycles. The van der Waals surface area contributed by atoms with E-state index >= 15 is 0 Å². The molecule has 0 atom stereocenters. The molecule has 0 aliphatic heterocycles. The lowest BCUT2D eigenvalue weighted by molar-refractivity contribution is 0.106. The maximum Gasteiger partial charge on any atom is 0.266 e. The summed E-state index contributed by atoms with van der Waals surface area (Å²) < 4.78 is 6.45. The number of nitrogens with one attached hydrogen (secondary N) is 1. The molecular weight excluding hydrogens is 382 g/mol. The van der Waals surface area contributed by atoms with Gasteiger partial charge in [0.05, 0.1) is 9.20 Å². The SMILES string of the molecule is C=CCOc1ccc(/C=c2\s/c(=C\C(=O)c3ccc(Cl)cc3)[nH]c2=O)cc1. The largest absolute Gasteiger partial charge is 0.490 e. The minimum absolute atomic E-state index is 0.195. The number of aromatic amines is 1. The van der Waals surface area contributed by atoms with Crippen LogP contribution in [0.2, 0.25) is 5.02 Å². The van der Waals surface area contributed by atoms with E-state index in [-0.39, 0.29) is 11.3 Å². The van der Waals surface area contributed by atoms with Gasteiger partial charge >= 0.3 is 0 Å². The predicted molar refractivity (Wildman–Crippen MR) is 110 cm³/mol. The van der Waals surface area contributed by atoms with Gasteiger partial charge < -0.3 is 9.72 Å². The Balaban J connectivity index is 1.86. The van der Waals surface area contributed by atoms with Gasteiger partial charge in [-0.1, -0.05) is 36.4 Å². The summed E-state index contributed by atoms with van der Waals surface area (Å²) in [6.07, 6.45) is 4.86. The first-order valence-corrected chi connectivity index (χ1v) is 9.31. The molecule has 1 aromatic heterocycles. The van der Waals surface area contributed by atoms with E-state index in [0.717, 1.165) is 11.3 Å². The van der Waals surface area contributed by atoms with E-state index in [9.17, 15) is 9.59 Å². The van der Waals surface area contributed by atoms with Gasteiger partial charge in [0.15, 0.2) is 5.78 Å². The van der Waals surface area contributed by atoms with Crippen molar-refractivity contribution >= 4 is 40.9 Å². The van der Waals surface area contributed by atoms with Crippen LogP contribution in [0, 0.1) is 0 Å². The van der Waals surface area contributed by atoms with E-state index < -0.39 is 0 Å². The summed E-state index contributed by atoms with van der Waals surface area (Å²) in [6.45, 7) is 4.04. The number of Topliss-reactive ketones (excluding diaryl/α,β-unsaturated/α-hetero) is 1. The second-order valence-corrected chi connectivity index (χ2v) is 7.13. The number of hydrogen-bond acceptors (Lipinski definition) is 4. The van der Waals surface area contributed by atoms with Crippen molar-refractivity contribution in [2.24, 2.45) is 0 Å². The first kappa shape index (κ1) is 18.9. The van der Waals surface area contributed by atoms with Crippen molar-refractivity contribution in [2.45, 2.75) is 0 Å². The van der Waals surface area contributed by atoms with Gasteiger partial charge in [-0.2, -0.15) is 0 Å². The minimum atomic E-state index is -0.234. The molecule has 6 heteroatoms. The van der Waals surface area contributed by atoms with Gasteiger partial charge in [-0.3, -0.25) is 9.59 Å². The van der Waals surface area contributed by atoms with Crippen LogP contribution in [0.5, 0.6) is 5.75 Å². The molecule has 1 N–H and O–H groups in total. The van der Waals surface area contributed by atoms with Crippen LogP contribution in [0.3, 0.4) is 0 Å². The summed E-state index contributed by atoms with van der Waals surface area (Å²) in [6, 6.07) is 14.0. The highest BCUT2D eigenvalue weighted by Crippen LogP contribution is 2.12. The average Bonchev–Trinajstić information content (AvgIpc) is 3.00.